The molecule has 158 valence electrons. The zero-order chi connectivity index (χ0) is 21.7. The highest BCUT2D eigenvalue weighted by Gasteiger charge is 2.37. The summed E-state index contributed by atoms with van der Waals surface area (Å²) in [6, 6.07) is 12.1. The minimum Gasteiger partial charge on any atom is -0.493 e. The summed E-state index contributed by atoms with van der Waals surface area (Å²) >= 11 is 6.23. The third kappa shape index (κ3) is 4.60. The molecule has 1 saturated heterocycles. The summed E-state index contributed by atoms with van der Waals surface area (Å²) in [4.78, 5) is 28.7. The van der Waals surface area contributed by atoms with E-state index in [0.29, 0.717) is 41.8 Å². The molecule has 1 aliphatic heterocycles. The van der Waals surface area contributed by atoms with Gasteiger partial charge >= 0.3 is 0 Å². The third-order valence-corrected chi connectivity index (χ3v) is 5.36. The van der Waals surface area contributed by atoms with Gasteiger partial charge in [0, 0.05) is 19.7 Å². The van der Waals surface area contributed by atoms with E-state index in [1.54, 1.807) is 43.3 Å². The number of anilines is 1. The van der Waals surface area contributed by atoms with Crippen molar-refractivity contribution in [3.05, 3.63) is 59.1 Å². The molecule has 2 aromatic carbocycles. The maximum atomic E-state index is 12.9. The number of amides is 2. The van der Waals surface area contributed by atoms with E-state index in [1.807, 2.05) is 31.2 Å². The number of likely N-dealkylation sites (N-methyl/N-ethyl adjacent to an activating group) is 1. The molecule has 1 unspecified atom stereocenters. The van der Waals surface area contributed by atoms with Crippen LogP contribution in [0.25, 0.3) is 6.08 Å². The third-order valence-electron chi connectivity index (χ3n) is 5.04. The number of hydrogen-bond donors (Lipinski definition) is 0. The number of para-hydroxylation sites is 1. The van der Waals surface area contributed by atoms with Crippen molar-refractivity contribution in [2.75, 3.05) is 32.2 Å². The Morgan fingerprint density at radius 3 is 2.73 bits per heavy atom. The van der Waals surface area contributed by atoms with Crippen molar-refractivity contribution in [1.29, 1.82) is 0 Å². The van der Waals surface area contributed by atoms with E-state index in [0.717, 1.165) is 5.56 Å². The fourth-order valence-electron chi connectivity index (χ4n) is 3.44. The Bertz CT molecular complexity index is 960. The fraction of sp³-hybridized carbons (Fsp3) is 0.304. The topological polar surface area (TPSA) is 59.1 Å². The lowest BCUT2D eigenvalue weighted by atomic mass is 10.1. The highest BCUT2D eigenvalue weighted by molar-refractivity contribution is 6.34. The Morgan fingerprint density at radius 1 is 1.27 bits per heavy atom. The van der Waals surface area contributed by atoms with Crippen molar-refractivity contribution in [2.45, 2.75) is 19.4 Å². The second kappa shape index (κ2) is 9.67. The number of ether oxygens (including phenoxy) is 2. The van der Waals surface area contributed by atoms with Crippen molar-refractivity contribution in [3.8, 4) is 11.5 Å². The highest BCUT2D eigenvalue weighted by Crippen LogP contribution is 2.31. The van der Waals surface area contributed by atoms with Gasteiger partial charge in [0.25, 0.3) is 0 Å². The first-order valence-electron chi connectivity index (χ1n) is 9.77. The average molecular weight is 429 g/mol. The van der Waals surface area contributed by atoms with E-state index in [1.165, 1.54) is 11.0 Å². The molecule has 0 aliphatic carbocycles. The van der Waals surface area contributed by atoms with Crippen LogP contribution < -0.4 is 14.4 Å². The number of nitrogens with zero attached hydrogens (tertiary/aromatic N) is 2. The second-order valence-corrected chi connectivity index (χ2v) is 7.28. The molecule has 1 heterocycles. The summed E-state index contributed by atoms with van der Waals surface area (Å²) in [7, 11) is 3.21. The number of carbonyl (C=O) groups is 2. The first-order chi connectivity index (χ1) is 14.5. The van der Waals surface area contributed by atoms with Crippen LogP contribution in [0.15, 0.2) is 48.5 Å². The number of hydrogen-bond acceptors (Lipinski definition) is 4. The van der Waals surface area contributed by atoms with E-state index in [-0.39, 0.29) is 11.8 Å². The van der Waals surface area contributed by atoms with Gasteiger partial charge in [-0.05, 0) is 49.2 Å². The van der Waals surface area contributed by atoms with Gasteiger partial charge in [-0.1, -0.05) is 29.8 Å². The number of carbonyl (C=O) groups excluding carboxylic acids is 2. The summed E-state index contributed by atoms with van der Waals surface area (Å²) < 4.78 is 10.8. The molecule has 2 aromatic rings. The van der Waals surface area contributed by atoms with Gasteiger partial charge in [0.1, 0.15) is 6.04 Å². The summed E-state index contributed by atoms with van der Waals surface area (Å²) in [6.45, 7) is 2.96. The van der Waals surface area contributed by atoms with Gasteiger partial charge in [-0.2, -0.15) is 0 Å². The molecule has 0 radical (unpaired) electrons. The molecule has 30 heavy (non-hydrogen) atoms. The lowest BCUT2D eigenvalue weighted by Crippen LogP contribution is -2.42. The molecule has 6 nitrogen and oxygen atoms in total. The van der Waals surface area contributed by atoms with E-state index >= 15 is 0 Å². The van der Waals surface area contributed by atoms with Crippen LogP contribution >= 0.6 is 11.6 Å². The normalized spacial score (nSPS) is 16.2. The van der Waals surface area contributed by atoms with Crippen LogP contribution in [-0.2, 0) is 9.59 Å². The summed E-state index contributed by atoms with van der Waals surface area (Å²) in [5.74, 6) is 0.871. The van der Waals surface area contributed by atoms with Crippen molar-refractivity contribution in [2.24, 2.45) is 0 Å². The lowest BCUT2D eigenvalue weighted by molar-refractivity contribution is -0.132. The Labute approximate surface area is 181 Å². The molecular formula is C23H25ClN2O4. The van der Waals surface area contributed by atoms with E-state index in [9.17, 15) is 9.59 Å². The van der Waals surface area contributed by atoms with Crippen molar-refractivity contribution in [3.63, 3.8) is 0 Å². The van der Waals surface area contributed by atoms with Gasteiger partial charge in [0.15, 0.2) is 11.5 Å². The van der Waals surface area contributed by atoms with Crippen molar-refractivity contribution in [1.82, 2.24) is 4.90 Å². The number of benzene rings is 2. The number of rotatable bonds is 7. The van der Waals surface area contributed by atoms with E-state index < -0.39 is 6.04 Å². The molecular weight excluding hydrogens is 404 g/mol. The SMILES string of the molecule is CCOc1ccc(/C=C/C(=O)N(C)C2CCN(c3ccccc3Cl)C2=O)cc1OC. The van der Waals surface area contributed by atoms with Crippen LogP contribution in [-0.4, -0.2) is 50.1 Å². The summed E-state index contributed by atoms with van der Waals surface area (Å²) in [6.07, 6.45) is 3.71. The van der Waals surface area contributed by atoms with Crippen LogP contribution in [0.5, 0.6) is 11.5 Å². The number of methoxy groups -OCH3 is 1. The predicted molar refractivity (Wildman–Crippen MR) is 118 cm³/mol. The van der Waals surface area contributed by atoms with Gasteiger partial charge < -0.3 is 19.3 Å². The van der Waals surface area contributed by atoms with Gasteiger partial charge in [0.2, 0.25) is 11.8 Å². The van der Waals surface area contributed by atoms with Gasteiger partial charge in [-0.25, -0.2) is 0 Å². The predicted octanol–water partition coefficient (Wildman–Crippen LogP) is 4.02. The standard InChI is InChI=1S/C23H25ClN2O4/c1-4-30-20-11-9-16(15-21(20)29-3)10-12-22(27)25(2)19-13-14-26(23(19)28)18-8-6-5-7-17(18)24/h5-12,15,19H,4,13-14H2,1-3H3/b12-10+. The van der Waals surface area contributed by atoms with Gasteiger partial charge in [-0.3, -0.25) is 9.59 Å². The van der Waals surface area contributed by atoms with E-state index in [2.05, 4.69) is 0 Å². The average Bonchev–Trinajstić information content (AvgIpc) is 3.13. The van der Waals surface area contributed by atoms with Gasteiger partial charge in [0.05, 0.1) is 24.4 Å². The Hall–Kier alpha value is -2.99. The molecule has 2 amide bonds. The first kappa shape index (κ1) is 21.7. The Morgan fingerprint density at radius 2 is 2.03 bits per heavy atom. The largest absolute Gasteiger partial charge is 0.493 e. The molecule has 7 heteroatoms. The maximum Gasteiger partial charge on any atom is 0.249 e. The molecule has 0 saturated carbocycles. The molecule has 0 aromatic heterocycles. The van der Waals surface area contributed by atoms with Crippen molar-refractivity contribution >= 4 is 35.2 Å². The van der Waals surface area contributed by atoms with Crippen LogP contribution in [0.1, 0.15) is 18.9 Å². The van der Waals surface area contributed by atoms with Crippen LogP contribution in [0, 0.1) is 0 Å². The highest BCUT2D eigenvalue weighted by atomic mass is 35.5. The molecule has 0 N–H and O–H groups in total. The molecule has 1 aliphatic rings. The monoisotopic (exact) mass is 428 g/mol. The molecule has 0 spiro atoms. The van der Waals surface area contributed by atoms with E-state index in [4.69, 9.17) is 21.1 Å². The molecule has 1 fully saturated rings. The Kier molecular flexibility index (Phi) is 7.00. The maximum absolute atomic E-state index is 12.9. The fourth-order valence-corrected chi connectivity index (χ4v) is 3.67. The zero-order valence-corrected chi connectivity index (χ0v) is 18.1. The van der Waals surface area contributed by atoms with Crippen LogP contribution in [0.4, 0.5) is 5.69 Å². The summed E-state index contributed by atoms with van der Waals surface area (Å²) in [5.41, 5.74) is 1.47. The van der Waals surface area contributed by atoms with Gasteiger partial charge in [-0.15, -0.1) is 0 Å². The molecule has 0 bridgehead atoms. The van der Waals surface area contributed by atoms with Crippen LogP contribution in [0.3, 0.4) is 0 Å². The minimum atomic E-state index is -0.520. The molecule has 1 atom stereocenters. The number of halogens is 1. The summed E-state index contributed by atoms with van der Waals surface area (Å²) in [5, 5.41) is 0.518. The minimum absolute atomic E-state index is 0.130. The second-order valence-electron chi connectivity index (χ2n) is 6.87. The van der Waals surface area contributed by atoms with Crippen molar-refractivity contribution < 1.29 is 19.1 Å². The zero-order valence-electron chi connectivity index (χ0n) is 17.3. The first-order valence-corrected chi connectivity index (χ1v) is 10.2. The van der Waals surface area contributed by atoms with Crippen LogP contribution in [0.2, 0.25) is 5.02 Å². The quantitative estimate of drug-likeness (QED) is 0.625. The smallest absolute Gasteiger partial charge is 0.249 e. The lowest BCUT2D eigenvalue weighted by Gasteiger charge is -2.23. The molecule has 3 rings (SSSR count). The Balaban J connectivity index is 1.69.